The fraction of sp³-hybridized carbons (Fsp3) is 0.533. The van der Waals surface area contributed by atoms with Gasteiger partial charge in [0.1, 0.15) is 5.82 Å². The van der Waals surface area contributed by atoms with Crippen molar-refractivity contribution in [2.45, 2.75) is 32.5 Å². The van der Waals surface area contributed by atoms with Gasteiger partial charge in [0.2, 0.25) is 0 Å². The lowest BCUT2D eigenvalue weighted by Gasteiger charge is -2.34. The molecule has 0 aromatic heterocycles. The summed E-state index contributed by atoms with van der Waals surface area (Å²) in [7, 11) is 0. The molecule has 1 aromatic rings. The third-order valence-electron chi connectivity index (χ3n) is 3.21. The number of hydrogen-bond donors (Lipinski definition) is 0. The van der Waals surface area contributed by atoms with E-state index in [9.17, 15) is 9.18 Å². The lowest BCUT2D eigenvalue weighted by atomic mass is 10.1. The lowest BCUT2D eigenvalue weighted by Crippen LogP contribution is -2.47. The molecule has 1 aromatic carbocycles. The van der Waals surface area contributed by atoms with Gasteiger partial charge in [0.15, 0.2) is 5.78 Å². The summed E-state index contributed by atoms with van der Waals surface area (Å²) in [4.78, 5) is 14.1. The molecule has 0 N–H and O–H groups in total. The normalized spacial score (nSPS) is 24.4. The molecule has 1 aliphatic heterocycles. The summed E-state index contributed by atoms with van der Waals surface area (Å²) in [6.45, 7) is 6.06. The molecule has 1 fully saturated rings. The molecule has 1 heterocycles. The Hall–Kier alpha value is -1.26. The third kappa shape index (κ3) is 4.40. The molecule has 104 valence electrons. The first kappa shape index (κ1) is 14.2. The van der Waals surface area contributed by atoms with E-state index in [1.54, 1.807) is 12.1 Å². The maximum Gasteiger partial charge on any atom is 0.151 e. The Morgan fingerprint density at radius 3 is 2.42 bits per heavy atom. The van der Waals surface area contributed by atoms with Crippen molar-refractivity contribution in [1.29, 1.82) is 0 Å². The molecule has 2 rings (SSSR count). The van der Waals surface area contributed by atoms with Gasteiger partial charge in [0, 0.05) is 19.5 Å². The number of carbonyl (C=O) groups excluding carboxylic acids is 1. The molecular formula is C15H20FNO2. The van der Waals surface area contributed by atoms with Gasteiger partial charge in [-0.3, -0.25) is 9.69 Å². The van der Waals surface area contributed by atoms with Crippen molar-refractivity contribution in [2.75, 3.05) is 19.6 Å². The summed E-state index contributed by atoms with van der Waals surface area (Å²) >= 11 is 0. The Labute approximate surface area is 113 Å². The first-order valence-corrected chi connectivity index (χ1v) is 6.67. The van der Waals surface area contributed by atoms with Gasteiger partial charge in [-0.15, -0.1) is 0 Å². The molecule has 3 nitrogen and oxygen atoms in total. The third-order valence-corrected chi connectivity index (χ3v) is 3.21. The first-order chi connectivity index (χ1) is 9.02. The second kappa shape index (κ2) is 6.26. The van der Waals surface area contributed by atoms with Crippen LogP contribution in [0.1, 0.15) is 19.4 Å². The van der Waals surface area contributed by atoms with Gasteiger partial charge in [-0.1, -0.05) is 12.1 Å². The number of ether oxygens (including phenoxy) is 1. The number of Topliss-reactive ketones (excluding diaryl/α,β-unsaturated/α-hetero) is 1. The maximum absolute atomic E-state index is 12.8. The van der Waals surface area contributed by atoms with E-state index < -0.39 is 0 Å². The van der Waals surface area contributed by atoms with Crippen LogP contribution in [0.25, 0.3) is 0 Å². The molecule has 19 heavy (non-hydrogen) atoms. The zero-order valence-electron chi connectivity index (χ0n) is 11.4. The molecule has 1 aliphatic rings. The van der Waals surface area contributed by atoms with E-state index in [4.69, 9.17) is 4.74 Å². The monoisotopic (exact) mass is 265 g/mol. The zero-order chi connectivity index (χ0) is 13.8. The zero-order valence-corrected chi connectivity index (χ0v) is 11.4. The van der Waals surface area contributed by atoms with E-state index >= 15 is 0 Å². The Kier molecular flexibility index (Phi) is 4.66. The number of ketones is 1. The van der Waals surface area contributed by atoms with Crippen LogP contribution < -0.4 is 0 Å². The van der Waals surface area contributed by atoms with Gasteiger partial charge < -0.3 is 4.74 Å². The number of halogens is 1. The summed E-state index contributed by atoms with van der Waals surface area (Å²) in [5.74, 6) is -0.111. The lowest BCUT2D eigenvalue weighted by molar-refractivity contribution is -0.123. The van der Waals surface area contributed by atoms with Crippen molar-refractivity contribution >= 4 is 5.78 Å². The number of carbonyl (C=O) groups is 1. The van der Waals surface area contributed by atoms with E-state index in [1.807, 2.05) is 13.8 Å². The minimum absolute atomic E-state index is 0.160. The topological polar surface area (TPSA) is 29.5 Å². The minimum Gasteiger partial charge on any atom is -0.373 e. The van der Waals surface area contributed by atoms with Gasteiger partial charge in [0.05, 0.1) is 18.8 Å². The van der Waals surface area contributed by atoms with Gasteiger partial charge in [-0.25, -0.2) is 4.39 Å². The molecule has 0 amide bonds. The number of benzene rings is 1. The highest BCUT2D eigenvalue weighted by Crippen LogP contribution is 2.11. The number of rotatable bonds is 4. The molecule has 2 atom stereocenters. The quantitative estimate of drug-likeness (QED) is 0.834. The van der Waals surface area contributed by atoms with E-state index in [2.05, 4.69) is 4.90 Å². The van der Waals surface area contributed by atoms with Crippen LogP contribution in [0.2, 0.25) is 0 Å². The van der Waals surface area contributed by atoms with E-state index in [0.29, 0.717) is 13.0 Å². The van der Waals surface area contributed by atoms with Crippen LogP contribution >= 0.6 is 0 Å². The van der Waals surface area contributed by atoms with E-state index in [0.717, 1.165) is 18.7 Å². The molecule has 0 bridgehead atoms. The molecule has 0 spiro atoms. The smallest absolute Gasteiger partial charge is 0.151 e. The Morgan fingerprint density at radius 1 is 1.26 bits per heavy atom. The van der Waals surface area contributed by atoms with Crippen molar-refractivity contribution in [3.8, 4) is 0 Å². The van der Waals surface area contributed by atoms with Crippen LogP contribution in [-0.2, 0) is 16.0 Å². The highest BCUT2D eigenvalue weighted by molar-refractivity contribution is 5.82. The summed E-state index contributed by atoms with van der Waals surface area (Å²) in [6, 6.07) is 6.11. The van der Waals surface area contributed by atoms with Crippen molar-refractivity contribution in [3.63, 3.8) is 0 Å². The average Bonchev–Trinajstić information content (AvgIpc) is 2.30. The summed E-state index contributed by atoms with van der Waals surface area (Å²) < 4.78 is 18.4. The first-order valence-electron chi connectivity index (χ1n) is 6.67. The van der Waals surface area contributed by atoms with Crippen molar-refractivity contribution < 1.29 is 13.9 Å². The molecule has 0 radical (unpaired) electrons. The maximum atomic E-state index is 12.8. The summed E-state index contributed by atoms with van der Waals surface area (Å²) in [6.07, 6.45) is 0.699. The van der Waals surface area contributed by atoms with Crippen LogP contribution in [0.4, 0.5) is 4.39 Å². The van der Waals surface area contributed by atoms with Crippen LogP contribution in [0.5, 0.6) is 0 Å². The van der Waals surface area contributed by atoms with Gasteiger partial charge >= 0.3 is 0 Å². The largest absolute Gasteiger partial charge is 0.373 e. The number of hydrogen-bond acceptors (Lipinski definition) is 3. The predicted octanol–water partition coefficient (Wildman–Crippen LogP) is 2.05. The van der Waals surface area contributed by atoms with Crippen molar-refractivity contribution in [2.24, 2.45) is 0 Å². The van der Waals surface area contributed by atoms with Gasteiger partial charge in [0.25, 0.3) is 0 Å². The Balaban J connectivity index is 1.85. The summed E-state index contributed by atoms with van der Waals surface area (Å²) in [5.41, 5.74) is 0.862. The highest BCUT2D eigenvalue weighted by atomic mass is 19.1. The average molecular weight is 265 g/mol. The SMILES string of the molecule is C[C@@H]1CN(CC(=O)Cc2ccc(F)cc2)C[C@H](C)O1. The fourth-order valence-electron chi connectivity index (χ4n) is 2.55. The summed E-state index contributed by atoms with van der Waals surface area (Å²) in [5, 5.41) is 0. The molecule has 0 aliphatic carbocycles. The van der Waals surface area contributed by atoms with Crippen LogP contribution in [0.3, 0.4) is 0 Å². The minimum atomic E-state index is -0.271. The molecule has 0 saturated carbocycles. The molecule has 1 saturated heterocycles. The van der Waals surface area contributed by atoms with Crippen LogP contribution in [0.15, 0.2) is 24.3 Å². The Morgan fingerprint density at radius 2 is 1.84 bits per heavy atom. The molecular weight excluding hydrogens is 245 g/mol. The van der Waals surface area contributed by atoms with E-state index in [-0.39, 0.29) is 23.8 Å². The van der Waals surface area contributed by atoms with Crippen LogP contribution in [-0.4, -0.2) is 42.5 Å². The second-order valence-electron chi connectivity index (χ2n) is 5.29. The molecule has 4 heteroatoms. The van der Waals surface area contributed by atoms with Gasteiger partial charge in [-0.2, -0.15) is 0 Å². The van der Waals surface area contributed by atoms with Crippen LogP contribution in [0, 0.1) is 5.82 Å². The van der Waals surface area contributed by atoms with Crippen molar-refractivity contribution in [1.82, 2.24) is 4.90 Å². The predicted molar refractivity (Wildman–Crippen MR) is 71.6 cm³/mol. The van der Waals surface area contributed by atoms with E-state index in [1.165, 1.54) is 12.1 Å². The fourth-order valence-corrected chi connectivity index (χ4v) is 2.55. The number of morpholine rings is 1. The number of nitrogens with zero attached hydrogens (tertiary/aromatic N) is 1. The molecule has 0 unspecified atom stereocenters. The standard InChI is InChI=1S/C15H20FNO2/c1-11-8-17(9-12(2)19-11)10-15(18)7-13-3-5-14(16)6-4-13/h3-6,11-12H,7-10H2,1-2H3/t11-,12+. The highest BCUT2D eigenvalue weighted by Gasteiger charge is 2.23. The Bertz CT molecular complexity index is 422. The second-order valence-corrected chi connectivity index (χ2v) is 5.29. The van der Waals surface area contributed by atoms with Crippen molar-refractivity contribution in [3.05, 3.63) is 35.6 Å². The van der Waals surface area contributed by atoms with Gasteiger partial charge in [-0.05, 0) is 31.5 Å².